The first kappa shape index (κ1) is 13.9. The van der Waals surface area contributed by atoms with Crippen molar-refractivity contribution in [1.82, 2.24) is 15.1 Å². The number of nitrogens with zero attached hydrogens (tertiary/aromatic N) is 2. The van der Waals surface area contributed by atoms with Crippen molar-refractivity contribution in [3.05, 3.63) is 46.7 Å². The van der Waals surface area contributed by atoms with E-state index in [1.54, 1.807) is 4.68 Å². The summed E-state index contributed by atoms with van der Waals surface area (Å²) in [6.45, 7) is 4.01. The standard InChI is InChI=1S/C14H18ClN3O/c1-11-14(15)10-18(17-11)7-8-19-13-5-3-12(4-6-13)9-16-2/h3-6,10,16H,7-9H2,1-2H3. The second kappa shape index (κ2) is 6.59. The molecule has 0 aliphatic rings. The molecule has 2 aromatic rings. The first-order valence-corrected chi connectivity index (χ1v) is 6.62. The van der Waals surface area contributed by atoms with Gasteiger partial charge < -0.3 is 10.1 Å². The first-order valence-electron chi connectivity index (χ1n) is 6.25. The van der Waals surface area contributed by atoms with Crippen molar-refractivity contribution < 1.29 is 4.74 Å². The van der Waals surface area contributed by atoms with Crippen molar-refractivity contribution in [1.29, 1.82) is 0 Å². The minimum atomic E-state index is 0.572. The quantitative estimate of drug-likeness (QED) is 0.884. The molecule has 0 saturated heterocycles. The van der Waals surface area contributed by atoms with Crippen molar-refractivity contribution >= 4 is 11.6 Å². The number of nitrogens with one attached hydrogen (secondary N) is 1. The predicted octanol–water partition coefficient (Wildman–Crippen LogP) is 2.64. The second-order valence-corrected chi connectivity index (χ2v) is 4.76. The van der Waals surface area contributed by atoms with Crippen LogP contribution in [0.15, 0.2) is 30.5 Å². The monoisotopic (exact) mass is 279 g/mol. The van der Waals surface area contributed by atoms with Gasteiger partial charge in [-0.1, -0.05) is 23.7 Å². The van der Waals surface area contributed by atoms with Gasteiger partial charge in [-0.25, -0.2) is 0 Å². The summed E-state index contributed by atoms with van der Waals surface area (Å²) in [7, 11) is 1.93. The molecule has 0 unspecified atom stereocenters. The largest absolute Gasteiger partial charge is 0.492 e. The second-order valence-electron chi connectivity index (χ2n) is 4.35. The van der Waals surface area contributed by atoms with Gasteiger partial charge in [-0.15, -0.1) is 0 Å². The molecule has 0 aliphatic carbocycles. The molecule has 5 heteroatoms. The van der Waals surface area contributed by atoms with Crippen molar-refractivity contribution in [3.8, 4) is 5.75 Å². The van der Waals surface area contributed by atoms with Gasteiger partial charge in [0.2, 0.25) is 0 Å². The highest BCUT2D eigenvalue weighted by Gasteiger charge is 2.01. The maximum Gasteiger partial charge on any atom is 0.119 e. The van der Waals surface area contributed by atoms with E-state index in [-0.39, 0.29) is 0 Å². The summed E-state index contributed by atoms with van der Waals surface area (Å²) in [6, 6.07) is 8.07. The summed E-state index contributed by atoms with van der Waals surface area (Å²) in [5.41, 5.74) is 2.09. The zero-order valence-corrected chi connectivity index (χ0v) is 11.9. The van der Waals surface area contributed by atoms with Gasteiger partial charge in [-0.3, -0.25) is 4.68 Å². The van der Waals surface area contributed by atoms with E-state index in [0.29, 0.717) is 18.2 Å². The zero-order valence-electron chi connectivity index (χ0n) is 11.2. The Kier molecular flexibility index (Phi) is 4.82. The maximum absolute atomic E-state index is 5.94. The molecular weight excluding hydrogens is 262 g/mol. The molecule has 0 saturated carbocycles. The highest BCUT2D eigenvalue weighted by Crippen LogP contribution is 2.13. The zero-order chi connectivity index (χ0) is 13.7. The number of benzene rings is 1. The molecule has 0 radical (unpaired) electrons. The predicted molar refractivity (Wildman–Crippen MR) is 76.7 cm³/mol. The van der Waals surface area contributed by atoms with E-state index in [1.165, 1.54) is 5.56 Å². The average Bonchev–Trinajstić information content (AvgIpc) is 2.71. The number of halogens is 1. The van der Waals surface area contributed by atoms with Crippen LogP contribution in [-0.4, -0.2) is 23.4 Å². The lowest BCUT2D eigenvalue weighted by Gasteiger charge is -2.07. The molecule has 4 nitrogen and oxygen atoms in total. The van der Waals surface area contributed by atoms with Crippen LogP contribution >= 0.6 is 11.6 Å². The third-order valence-electron chi connectivity index (χ3n) is 2.78. The van der Waals surface area contributed by atoms with Crippen LogP contribution in [0.4, 0.5) is 0 Å². The van der Waals surface area contributed by atoms with Gasteiger partial charge in [0.15, 0.2) is 0 Å². The highest BCUT2D eigenvalue weighted by atomic mass is 35.5. The SMILES string of the molecule is CNCc1ccc(OCCn2cc(Cl)c(C)n2)cc1. The normalized spacial score (nSPS) is 10.7. The van der Waals surface area contributed by atoms with E-state index >= 15 is 0 Å². The molecule has 0 aliphatic heterocycles. The number of ether oxygens (including phenoxy) is 1. The van der Waals surface area contributed by atoms with Crippen molar-refractivity contribution in [2.45, 2.75) is 20.0 Å². The Bertz CT molecular complexity index is 502. The van der Waals surface area contributed by atoms with Crippen molar-refractivity contribution in [3.63, 3.8) is 0 Å². The number of rotatable bonds is 6. The molecule has 0 fully saturated rings. The summed E-state index contributed by atoms with van der Waals surface area (Å²) in [5.74, 6) is 0.870. The van der Waals surface area contributed by atoms with Crippen LogP contribution in [0.2, 0.25) is 5.02 Å². The Labute approximate surface area is 118 Å². The summed E-state index contributed by atoms with van der Waals surface area (Å²) in [4.78, 5) is 0. The third-order valence-corrected chi connectivity index (χ3v) is 3.15. The molecule has 1 heterocycles. The average molecular weight is 280 g/mol. The number of aryl methyl sites for hydroxylation is 1. The van der Waals surface area contributed by atoms with E-state index in [2.05, 4.69) is 22.5 Å². The summed E-state index contributed by atoms with van der Waals surface area (Å²) in [5, 5.41) is 8.08. The molecule has 1 aromatic carbocycles. The minimum Gasteiger partial charge on any atom is -0.492 e. The van der Waals surface area contributed by atoms with Gasteiger partial charge in [0.05, 0.1) is 17.3 Å². The third kappa shape index (κ3) is 3.98. The molecule has 0 atom stereocenters. The van der Waals surface area contributed by atoms with Crippen LogP contribution in [0.5, 0.6) is 5.75 Å². The lowest BCUT2D eigenvalue weighted by Crippen LogP contribution is -2.09. The van der Waals surface area contributed by atoms with Gasteiger partial charge in [-0.05, 0) is 31.7 Å². The Hall–Kier alpha value is -1.52. The smallest absolute Gasteiger partial charge is 0.119 e. The summed E-state index contributed by atoms with van der Waals surface area (Å²) < 4.78 is 7.47. The number of hydrogen-bond acceptors (Lipinski definition) is 3. The Balaban J connectivity index is 1.82. The number of hydrogen-bond donors (Lipinski definition) is 1. The molecule has 0 amide bonds. The minimum absolute atomic E-state index is 0.572. The lowest BCUT2D eigenvalue weighted by atomic mass is 10.2. The van der Waals surface area contributed by atoms with Crippen LogP contribution < -0.4 is 10.1 Å². The summed E-state index contributed by atoms with van der Waals surface area (Å²) in [6.07, 6.45) is 1.82. The fraction of sp³-hybridized carbons (Fsp3) is 0.357. The molecule has 0 bridgehead atoms. The Morgan fingerprint density at radius 1 is 1.32 bits per heavy atom. The van der Waals surface area contributed by atoms with Crippen LogP contribution in [0, 0.1) is 6.92 Å². The molecule has 1 aromatic heterocycles. The molecular formula is C14H18ClN3O. The maximum atomic E-state index is 5.94. The van der Waals surface area contributed by atoms with Gasteiger partial charge in [-0.2, -0.15) is 5.10 Å². The van der Waals surface area contributed by atoms with Crippen LogP contribution in [0.3, 0.4) is 0 Å². The van der Waals surface area contributed by atoms with E-state index in [9.17, 15) is 0 Å². The summed E-state index contributed by atoms with van der Waals surface area (Å²) >= 11 is 5.94. The fourth-order valence-electron chi connectivity index (χ4n) is 1.77. The molecule has 0 spiro atoms. The van der Waals surface area contributed by atoms with E-state index in [4.69, 9.17) is 16.3 Å². The van der Waals surface area contributed by atoms with Crippen molar-refractivity contribution in [2.24, 2.45) is 0 Å². The Morgan fingerprint density at radius 2 is 2.05 bits per heavy atom. The van der Waals surface area contributed by atoms with E-state index in [1.807, 2.05) is 32.3 Å². The lowest BCUT2D eigenvalue weighted by molar-refractivity contribution is 0.291. The first-order chi connectivity index (χ1) is 9.19. The van der Waals surface area contributed by atoms with Crippen LogP contribution in [-0.2, 0) is 13.1 Å². The van der Waals surface area contributed by atoms with E-state index < -0.39 is 0 Å². The molecule has 19 heavy (non-hydrogen) atoms. The van der Waals surface area contributed by atoms with Gasteiger partial charge in [0.25, 0.3) is 0 Å². The van der Waals surface area contributed by atoms with Gasteiger partial charge in [0, 0.05) is 12.7 Å². The van der Waals surface area contributed by atoms with Crippen LogP contribution in [0.1, 0.15) is 11.3 Å². The number of aromatic nitrogens is 2. The molecule has 2 rings (SSSR count). The molecule has 102 valence electrons. The topological polar surface area (TPSA) is 39.1 Å². The van der Waals surface area contributed by atoms with Gasteiger partial charge in [0.1, 0.15) is 12.4 Å². The highest BCUT2D eigenvalue weighted by molar-refractivity contribution is 6.31. The van der Waals surface area contributed by atoms with E-state index in [0.717, 1.165) is 18.0 Å². The molecule has 1 N–H and O–H groups in total. The van der Waals surface area contributed by atoms with Gasteiger partial charge >= 0.3 is 0 Å². The van der Waals surface area contributed by atoms with Crippen molar-refractivity contribution in [2.75, 3.05) is 13.7 Å². The Morgan fingerprint density at radius 3 is 2.63 bits per heavy atom. The van der Waals surface area contributed by atoms with Crippen LogP contribution in [0.25, 0.3) is 0 Å². The fourth-order valence-corrected chi connectivity index (χ4v) is 1.92.